The van der Waals surface area contributed by atoms with Crippen molar-refractivity contribution in [3.05, 3.63) is 58.3 Å². The Morgan fingerprint density at radius 2 is 1.91 bits per heavy atom. The standard InChI is InChI=1S/C21H15Cl2N3O4S2/c1-28-11-8-16(29-2)18-17(9-11)32-21(24-18)26-20(31)25-19(27)15-6-5-14(30-15)10-3-4-12(22)13(23)7-10/h3-9H,1-2H3,(H2,24,25,26,27,31). The lowest BCUT2D eigenvalue weighted by Crippen LogP contribution is -2.33. The number of carbonyl (C=O) groups is 1. The third kappa shape index (κ3) is 4.66. The van der Waals surface area contributed by atoms with Gasteiger partial charge in [-0.05, 0) is 48.6 Å². The maximum atomic E-state index is 12.5. The number of halogens is 2. The molecule has 7 nitrogen and oxygen atoms in total. The molecule has 2 heterocycles. The number of amides is 1. The maximum Gasteiger partial charge on any atom is 0.293 e. The molecular weight excluding hydrogens is 493 g/mol. The zero-order chi connectivity index (χ0) is 22.8. The largest absolute Gasteiger partial charge is 0.497 e. The molecule has 0 saturated heterocycles. The van der Waals surface area contributed by atoms with Crippen molar-refractivity contribution in [1.29, 1.82) is 0 Å². The second-order valence-corrected chi connectivity index (χ2v) is 8.65. The van der Waals surface area contributed by atoms with Gasteiger partial charge in [-0.3, -0.25) is 10.1 Å². The van der Waals surface area contributed by atoms with Crippen LogP contribution in [0, 0.1) is 0 Å². The van der Waals surface area contributed by atoms with Crippen LogP contribution in [-0.4, -0.2) is 30.2 Å². The van der Waals surface area contributed by atoms with Gasteiger partial charge in [0.15, 0.2) is 16.0 Å². The molecule has 1 amide bonds. The summed E-state index contributed by atoms with van der Waals surface area (Å²) in [5, 5.41) is 6.88. The molecule has 0 unspecified atom stereocenters. The van der Waals surface area contributed by atoms with Crippen LogP contribution in [-0.2, 0) is 0 Å². The van der Waals surface area contributed by atoms with Crippen molar-refractivity contribution in [3.8, 4) is 22.8 Å². The molecule has 0 aliphatic carbocycles. The quantitative estimate of drug-likeness (QED) is 0.320. The Bertz CT molecular complexity index is 1340. The number of benzene rings is 2. The lowest BCUT2D eigenvalue weighted by Gasteiger charge is -2.05. The van der Waals surface area contributed by atoms with E-state index in [4.69, 9.17) is 49.3 Å². The summed E-state index contributed by atoms with van der Waals surface area (Å²) in [6, 6.07) is 11.9. The average Bonchev–Trinajstić information content (AvgIpc) is 3.41. The third-order valence-corrected chi connectivity index (χ3v) is 6.23. The first-order chi connectivity index (χ1) is 15.4. The van der Waals surface area contributed by atoms with Gasteiger partial charge in [0.1, 0.15) is 22.8 Å². The SMILES string of the molecule is COc1cc(OC)c2nc(NC(=S)NC(=O)c3ccc(-c4ccc(Cl)c(Cl)c4)o3)sc2c1. The number of anilines is 1. The van der Waals surface area contributed by atoms with Gasteiger partial charge in [0.25, 0.3) is 5.91 Å². The van der Waals surface area contributed by atoms with Crippen LogP contribution in [0.4, 0.5) is 5.13 Å². The van der Waals surface area contributed by atoms with Crippen molar-refractivity contribution in [1.82, 2.24) is 10.3 Å². The Kier molecular flexibility index (Phi) is 6.52. The molecule has 0 aliphatic rings. The number of fused-ring (bicyclic) bond motifs is 1. The number of hydrogen-bond donors (Lipinski definition) is 2. The van der Waals surface area contributed by atoms with E-state index >= 15 is 0 Å². The molecule has 0 radical (unpaired) electrons. The Morgan fingerprint density at radius 1 is 1.09 bits per heavy atom. The fourth-order valence-electron chi connectivity index (χ4n) is 2.86. The van der Waals surface area contributed by atoms with E-state index in [0.29, 0.717) is 43.5 Å². The van der Waals surface area contributed by atoms with Crippen molar-refractivity contribution in [2.45, 2.75) is 0 Å². The molecule has 11 heteroatoms. The van der Waals surface area contributed by atoms with E-state index in [1.807, 2.05) is 6.07 Å². The molecule has 0 bridgehead atoms. The number of ether oxygens (including phenoxy) is 2. The van der Waals surface area contributed by atoms with Crippen molar-refractivity contribution < 1.29 is 18.7 Å². The zero-order valence-electron chi connectivity index (χ0n) is 16.7. The lowest BCUT2D eigenvalue weighted by atomic mass is 10.2. The highest BCUT2D eigenvalue weighted by atomic mass is 35.5. The summed E-state index contributed by atoms with van der Waals surface area (Å²) in [6.45, 7) is 0. The summed E-state index contributed by atoms with van der Waals surface area (Å²) in [6.07, 6.45) is 0. The predicted octanol–water partition coefficient (Wildman–Crippen LogP) is 6.01. The zero-order valence-corrected chi connectivity index (χ0v) is 19.8. The third-order valence-electron chi connectivity index (χ3n) is 4.37. The van der Waals surface area contributed by atoms with Crippen molar-refractivity contribution in [2.75, 3.05) is 19.5 Å². The van der Waals surface area contributed by atoms with Crippen LogP contribution in [0.5, 0.6) is 11.5 Å². The molecule has 164 valence electrons. The Labute approximate surface area is 202 Å². The minimum Gasteiger partial charge on any atom is -0.497 e. The summed E-state index contributed by atoms with van der Waals surface area (Å²) in [5.41, 5.74) is 1.35. The highest BCUT2D eigenvalue weighted by Gasteiger charge is 2.16. The highest BCUT2D eigenvalue weighted by molar-refractivity contribution is 7.80. The number of furan rings is 1. The molecule has 0 fully saturated rings. The molecule has 0 saturated carbocycles. The summed E-state index contributed by atoms with van der Waals surface area (Å²) >= 11 is 18.6. The molecule has 0 atom stereocenters. The highest BCUT2D eigenvalue weighted by Crippen LogP contribution is 2.36. The number of nitrogens with one attached hydrogen (secondary N) is 2. The minimum atomic E-state index is -0.505. The summed E-state index contributed by atoms with van der Waals surface area (Å²) in [5.74, 6) is 1.28. The lowest BCUT2D eigenvalue weighted by molar-refractivity contribution is 0.0951. The number of thiazole rings is 1. The van der Waals surface area contributed by atoms with Crippen molar-refractivity contribution >= 4 is 73.1 Å². The van der Waals surface area contributed by atoms with Crippen LogP contribution in [0.1, 0.15) is 10.6 Å². The predicted molar refractivity (Wildman–Crippen MR) is 131 cm³/mol. The van der Waals surface area contributed by atoms with E-state index in [0.717, 1.165) is 4.70 Å². The van der Waals surface area contributed by atoms with Gasteiger partial charge in [0.05, 0.1) is 29.0 Å². The van der Waals surface area contributed by atoms with E-state index in [-0.39, 0.29) is 10.9 Å². The number of aromatic nitrogens is 1. The number of nitrogens with zero attached hydrogens (tertiary/aromatic N) is 1. The average molecular weight is 508 g/mol. The fourth-order valence-corrected chi connectivity index (χ4v) is 4.33. The van der Waals surface area contributed by atoms with Gasteiger partial charge in [-0.2, -0.15) is 0 Å². The van der Waals surface area contributed by atoms with Crippen LogP contribution < -0.4 is 20.1 Å². The van der Waals surface area contributed by atoms with E-state index in [1.165, 1.54) is 11.3 Å². The van der Waals surface area contributed by atoms with E-state index < -0.39 is 5.91 Å². The van der Waals surface area contributed by atoms with E-state index in [1.54, 1.807) is 50.6 Å². The van der Waals surface area contributed by atoms with Gasteiger partial charge >= 0.3 is 0 Å². The van der Waals surface area contributed by atoms with Crippen LogP contribution in [0.15, 0.2) is 46.9 Å². The Hall–Kier alpha value is -2.85. The molecule has 2 aromatic heterocycles. The van der Waals surface area contributed by atoms with Crippen molar-refractivity contribution in [3.63, 3.8) is 0 Å². The molecule has 2 N–H and O–H groups in total. The van der Waals surface area contributed by atoms with Gasteiger partial charge < -0.3 is 19.2 Å². The molecule has 0 aliphatic heterocycles. The van der Waals surface area contributed by atoms with E-state index in [9.17, 15) is 4.79 Å². The molecule has 4 rings (SSSR count). The van der Waals surface area contributed by atoms with Crippen LogP contribution in [0.25, 0.3) is 21.5 Å². The normalized spacial score (nSPS) is 10.8. The first-order valence-corrected chi connectivity index (χ1v) is 11.1. The van der Waals surface area contributed by atoms with Crippen LogP contribution in [0.2, 0.25) is 10.0 Å². The molecular formula is C21H15Cl2N3O4S2. The molecule has 2 aromatic carbocycles. The maximum absolute atomic E-state index is 12.5. The summed E-state index contributed by atoms with van der Waals surface area (Å²) < 4.78 is 17.1. The van der Waals surface area contributed by atoms with Gasteiger partial charge in [0, 0.05) is 11.6 Å². The number of rotatable bonds is 5. The Morgan fingerprint density at radius 3 is 2.62 bits per heavy atom. The van der Waals surface area contributed by atoms with Gasteiger partial charge in [0.2, 0.25) is 0 Å². The molecule has 0 spiro atoms. The smallest absolute Gasteiger partial charge is 0.293 e. The van der Waals surface area contributed by atoms with Crippen LogP contribution >= 0.6 is 46.8 Å². The topological polar surface area (TPSA) is 85.6 Å². The number of thiocarbonyl (C=S) groups is 1. The minimum absolute atomic E-state index is 0.0764. The summed E-state index contributed by atoms with van der Waals surface area (Å²) in [7, 11) is 3.13. The van der Waals surface area contributed by atoms with Crippen LogP contribution in [0.3, 0.4) is 0 Å². The first kappa shape index (κ1) is 22.3. The number of carbonyl (C=O) groups excluding carboxylic acids is 1. The van der Waals surface area contributed by atoms with Gasteiger partial charge in [-0.1, -0.05) is 34.5 Å². The first-order valence-electron chi connectivity index (χ1n) is 9.08. The van der Waals surface area contributed by atoms with Gasteiger partial charge in [-0.15, -0.1) is 0 Å². The monoisotopic (exact) mass is 507 g/mol. The Balaban J connectivity index is 1.46. The number of methoxy groups -OCH3 is 2. The van der Waals surface area contributed by atoms with Gasteiger partial charge in [-0.25, -0.2) is 4.98 Å². The summed E-state index contributed by atoms with van der Waals surface area (Å²) in [4.78, 5) is 17.0. The van der Waals surface area contributed by atoms with Crippen molar-refractivity contribution in [2.24, 2.45) is 0 Å². The fraction of sp³-hybridized carbons (Fsp3) is 0.0952. The molecule has 4 aromatic rings. The number of hydrogen-bond acceptors (Lipinski definition) is 7. The second kappa shape index (κ2) is 9.33. The molecule has 32 heavy (non-hydrogen) atoms. The van der Waals surface area contributed by atoms with E-state index in [2.05, 4.69) is 15.6 Å². The second-order valence-electron chi connectivity index (χ2n) is 6.40.